The molecule has 0 aromatic heterocycles. The quantitative estimate of drug-likeness (QED) is 0.566. The van der Waals surface area contributed by atoms with Gasteiger partial charge in [0.25, 0.3) is 3.93 Å². The van der Waals surface area contributed by atoms with E-state index < -0.39 is 3.93 Å². The highest BCUT2D eigenvalue weighted by molar-refractivity contribution is 9.72. The molecule has 0 atom stereocenters. The highest BCUT2D eigenvalue weighted by Crippen LogP contribution is 2.26. The van der Waals surface area contributed by atoms with Crippen LogP contribution in [-0.2, 0) is 6.42 Å². The second kappa shape index (κ2) is 5.45. The van der Waals surface area contributed by atoms with Crippen LogP contribution in [-0.4, -0.2) is 3.93 Å². The zero-order chi connectivity index (χ0) is 10.6. The van der Waals surface area contributed by atoms with Crippen LogP contribution in [0.5, 0.6) is 0 Å². The Bertz CT molecular complexity index is 337. The molecule has 0 aliphatic carbocycles. The Hall–Kier alpha value is 0.367. The lowest BCUT2D eigenvalue weighted by Gasteiger charge is -2.09. The number of halogens is 3. The van der Waals surface area contributed by atoms with E-state index in [2.05, 4.69) is 76.2 Å². The van der Waals surface area contributed by atoms with Crippen molar-refractivity contribution < 1.29 is 0 Å². The maximum Gasteiger partial charge on any atom is 0.297 e. The first-order valence-corrected chi connectivity index (χ1v) is 12.8. The summed E-state index contributed by atoms with van der Waals surface area (Å²) in [5.41, 5.74) is 1.21. The standard InChI is InChI=1S/C9H8Br3NSi/c10-14(11,12)9-5-3-8(4-6-9)2-1-7-13/h3-6H,1-2H2. The summed E-state index contributed by atoms with van der Waals surface area (Å²) in [4.78, 5) is 0. The first kappa shape index (κ1) is 12.4. The summed E-state index contributed by atoms with van der Waals surface area (Å²) in [6, 6.07) is 10.4. The molecule has 0 spiro atoms. The van der Waals surface area contributed by atoms with Crippen molar-refractivity contribution in [2.45, 2.75) is 12.8 Å². The Morgan fingerprint density at radius 1 is 1.14 bits per heavy atom. The number of rotatable bonds is 3. The molecule has 0 N–H and O–H groups in total. The van der Waals surface area contributed by atoms with Gasteiger partial charge in [0, 0.05) is 6.42 Å². The molecule has 0 amide bonds. The average Bonchev–Trinajstić information content (AvgIpc) is 2.14. The van der Waals surface area contributed by atoms with Crippen LogP contribution in [0.1, 0.15) is 12.0 Å². The number of nitriles is 1. The Balaban J connectivity index is 2.75. The fraction of sp³-hybridized carbons (Fsp3) is 0.222. The molecule has 1 aromatic rings. The van der Waals surface area contributed by atoms with E-state index in [9.17, 15) is 0 Å². The summed E-state index contributed by atoms with van der Waals surface area (Å²) in [6.07, 6.45) is 1.41. The van der Waals surface area contributed by atoms with Crippen LogP contribution in [0.15, 0.2) is 24.3 Å². The maximum atomic E-state index is 8.45. The lowest BCUT2D eigenvalue weighted by atomic mass is 10.1. The Labute approximate surface area is 108 Å². The van der Waals surface area contributed by atoms with Crippen LogP contribution in [0.2, 0.25) is 0 Å². The highest BCUT2D eigenvalue weighted by atomic mass is 80.0. The van der Waals surface area contributed by atoms with E-state index in [-0.39, 0.29) is 0 Å². The predicted octanol–water partition coefficient (Wildman–Crippen LogP) is 3.47. The van der Waals surface area contributed by atoms with Gasteiger partial charge in [-0.15, -0.1) is 0 Å². The van der Waals surface area contributed by atoms with Gasteiger partial charge in [-0.3, -0.25) is 0 Å². The summed E-state index contributed by atoms with van der Waals surface area (Å²) < 4.78 is -1.72. The van der Waals surface area contributed by atoms with Crippen molar-refractivity contribution in [1.82, 2.24) is 0 Å². The van der Waals surface area contributed by atoms with E-state index >= 15 is 0 Å². The van der Waals surface area contributed by atoms with Gasteiger partial charge < -0.3 is 0 Å². The van der Waals surface area contributed by atoms with Crippen molar-refractivity contribution >= 4 is 55.0 Å². The lowest BCUT2D eigenvalue weighted by molar-refractivity contribution is 1.01. The Kier molecular flexibility index (Phi) is 4.84. The number of aryl methyl sites for hydroxylation is 1. The maximum absolute atomic E-state index is 8.45. The fourth-order valence-electron chi connectivity index (χ4n) is 1.06. The summed E-state index contributed by atoms with van der Waals surface area (Å²) in [6.45, 7) is 0. The van der Waals surface area contributed by atoms with Crippen molar-refractivity contribution in [1.29, 1.82) is 5.26 Å². The molecule has 0 saturated carbocycles. The van der Waals surface area contributed by atoms with Gasteiger partial charge in [0.05, 0.1) is 6.07 Å². The van der Waals surface area contributed by atoms with Crippen molar-refractivity contribution in [3.05, 3.63) is 29.8 Å². The first-order chi connectivity index (χ1) is 6.54. The number of nitrogens with zero attached hydrogens (tertiary/aromatic N) is 1. The highest BCUT2D eigenvalue weighted by Gasteiger charge is 2.24. The molecule has 0 fully saturated rings. The molecule has 0 aliphatic heterocycles. The monoisotopic (exact) mass is 395 g/mol. The van der Waals surface area contributed by atoms with Gasteiger partial charge in [0.15, 0.2) is 0 Å². The van der Waals surface area contributed by atoms with Gasteiger partial charge in [-0.2, -0.15) is 5.26 Å². The van der Waals surface area contributed by atoms with Crippen LogP contribution in [0, 0.1) is 11.3 Å². The topological polar surface area (TPSA) is 23.8 Å². The van der Waals surface area contributed by atoms with Crippen molar-refractivity contribution in [3.63, 3.8) is 0 Å². The molecule has 0 saturated heterocycles. The van der Waals surface area contributed by atoms with Crippen LogP contribution in [0.3, 0.4) is 0 Å². The summed E-state index contributed by atoms with van der Waals surface area (Å²) >= 11 is 10.8. The van der Waals surface area contributed by atoms with Gasteiger partial charge in [-0.05, 0) is 17.2 Å². The summed E-state index contributed by atoms with van der Waals surface area (Å²) in [5, 5.41) is 9.68. The molecule has 0 bridgehead atoms. The van der Waals surface area contributed by atoms with E-state index in [0.717, 1.165) is 6.42 Å². The largest absolute Gasteiger partial charge is 0.297 e. The minimum atomic E-state index is -1.72. The van der Waals surface area contributed by atoms with Gasteiger partial charge in [0.1, 0.15) is 0 Å². The molecule has 0 radical (unpaired) electrons. The first-order valence-electron chi connectivity index (χ1n) is 4.07. The minimum Gasteiger partial charge on any atom is -0.198 e. The lowest BCUT2D eigenvalue weighted by Crippen LogP contribution is -2.27. The van der Waals surface area contributed by atoms with Crippen LogP contribution in [0.4, 0.5) is 0 Å². The molecule has 5 heteroatoms. The molecule has 0 aliphatic rings. The molecule has 1 aromatic carbocycles. The third kappa shape index (κ3) is 3.85. The van der Waals surface area contributed by atoms with Crippen LogP contribution in [0.25, 0.3) is 0 Å². The van der Waals surface area contributed by atoms with Crippen molar-refractivity contribution in [2.75, 3.05) is 0 Å². The normalized spacial score (nSPS) is 11.0. The molecule has 0 heterocycles. The molecule has 1 nitrogen and oxygen atoms in total. The van der Waals surface area contributed by atoms with Gasteiger partial charge in [0.2, 0.25) is 0 Å². The molecule has 0 unspecified atom stereocenters. The van der Waals surface area contributed by atoms with Gasteiger partial charge >= 0.3 is 0 Å². The SMILES string of the molecule is N#CCCc1ccc([Si](Br)(Br)Br)cc1. The Morgan fingerprint density at radius 3 is 2.14 bits per heavy atom. The van der Waals surface area contributed by atoms with Crippen molar-refractivity contribution in [3.8, 4) is 6.07 Å². The zero-order valence-electron chi connectivity index (χ0n) is 7.30. The molecule has 74 valence electrons. The third-order valence-electron chi connectivity index (χ3n) is 1.81. The number of benzene rings is 1. The predicted molar refractivity (Wildman–Crippen MR) is 72.5 cm³/mol. The van der Waals surface area contributed by atoms with E-state index in [1.54, 1.807) is 0 Å². The third-order valence-corrected chi connectivity index (χ3v) is 6.92. The average molecular weight is 398 g/mol. The fourth-order valence-corrected chi connectivity index (χ4v) is 3.98. The minimum absolute atomic E-state index is 0.582. The second-order valence-electron chi connectivity index (χ2n) is 2.85. The molecular weight excluding hydrogens is 390 g/mol. The van der Waals surface area contributed by atoms with Gasteiger partial charge in [-0.1, -0.05) is 70.1 Å². The Morgan fingerprint density at radius 2 is 1.71 bits per heavy atom. The summed E-state index contributed by atoms with van der Waals surface area (Å²) in [7, 11) is 0. The van der Waals surface area contributed by atoms with E-state index in [1.807, 2.05) is 0 Å². The molecule has 14 heavy (non-hydrogen) atoms. The van der Waals surface area contributed by atoms with E-state index in [1.165, 1.54) is 10.8 Å². The number of hydrogen-bond acceptors (Lipinski definition) is 1. The second-order valence-corrected chi connectivity index (χ2v) is 24.7. The van der Waals surface area contributed by atoms with Crippen LogP contribution >= 0.6 is 45.9 Å². The molecular formula is C9H8Br3NSi. The molecule has 1 rings (SSSR count). The zero-order valence-corrected chi connectivity index (χ0v) is 13.1. The number of hydrogen-bond donors (Lipinski definition) is 0. The van der Waals surface area contributed by atoms with Crippen LogP contribution < -0.4 is 5.19 Å². The smallest absolute Gasteiger partial charge is 0.198 e. The van der Waals surface area contributed by atoms with E-state index in [4.69, 9.17) is 5.26 Å². The van der Waals surface area contributed by atoms with Crippen molar-refractivity contribution in [2.24, 2.45) is 0 Å². The van der Waals surface area contributed by atoms with E-state index in [0.29, 0.717) is 6.42 Å². The van der Waals surface area contributed by atoms with Gasteiger partial charge in [-0.25, -0.2) is 0 Å². The summed E-state index contributed by atoms with van der Waals surface area (Å²) in [5.74, 6) is 0.